The lowest BCUT2D eigenvalue weighted by molar-refractivity contribution is 0.102. The number of carbonyl (C=O) groups excluding carboxylic acids is 1. The second kappa shape index (κ2) is 7.64. The van der Waals surface area contributed by atoms with Crippen LogP contribution in [0.3, 0.4) is 0 Å². The summed E-state index contributed by atoms with van der Waals surface area (Å²) >= 11 is 3.92. The largest absolute Gasteiger partial charge is 0.321 e. The first-order chi connectivity index (χ1) is 13.8. The molecule has 1 saturated heterocycles. The number of rotatable bonds is 5. The third kappa shape index (κ3) is 3.56. The number of hydrogen-bond donors (Lipinski definition) is 1. The normalized spacial score (nSPS) is 17.0. The summed E-state index contributed by atoms with van der Waals surface area (Å²) in [6.45, 7) is 0. The summed E-state index contributed by atoms with van der Waals surface area (Å²) in [5.41, 5.74) is 4.35. The maximum atomic E-state index is 13.0. The fourth-order valence-electron chi connectivity index (χ4n) is 3.44. The Kier molecular flexibility index (Phi) is 4.86. The van der Waals surface area contributed by atoms with Crippen LogP contribution in [0.4, 0.5) is 5.69 Å². The first-order valence-electron chi connectivity index (χ1n) is 9.45. The second-order valence-corrected chi connectivity index (χ2v) is 9.72. The zero-order valence-electron chi connectivity index (χ0n) is 15.2. The highest BCUT2D eigenvalue weighted by Gasteiger charge is 2.34. The van der Waals surface area contributed by atoms with Crippen LogP contribution in [0.2, 0.25) is 0 Å². The molecule has 1 aliphatic carbocycles. The number of anilines is 1. The molecule has 3 aromatic rings. The van der Waals surface area contributed by atoms with Crippen molar-refractivity contribution in [2.45, 2.75) is 23.3 Å². The Morgan fingerprint density at radius 1 is 1.04 bits per heavy atom. The predicted molar refractivity (Wildman–Crippen MR) is 115 cm³/mol. The van der Waals surface area contributed by atoms with Crippen LogP contribution in [-0.4, -0.2) is 32.4 Å². The molecule has 0 spiro atoms. The van der Waals surface area contributed by atoms with Crippen LogP contribution in [0, 0.1) is 0 Å². The van der Waals surface area contributed by atoms with E-state index in [0.29, 0.717) is 16.2 Å². The zero-order valence-corrected chi connectivity index (χ0v) is 16.9. The molecule has 1 amide bonds. The van der Waals surface area contributed by atoms with Crippen molar-refractivity contribution in [1.82, 2.24) is 15.0 Å². The first kappa shape index (κ1) is 17.8. The van der Waals surface area contributed by atoms with Crippen molar-refractivity contribution < 1.29 is 4.79 Å². The van der Waals surface area contributed by atoms with Gasteiger partial charge in [-0.1, -0.05) is 35.5 Å². The molecule has 0 radical (unpaired) electrons. The minimum atomic E-state index is -0.187. The van der Waals surface area contributed by atoms with Crippen molar-refractivity contribution in [3.05, 3.63) is 71.5 Å². The van der Waals surface area contributed by atoms with E-state index in [1.807, 2.05) is 70.7 Å². The molecule has 2 fully saturated rings. The van der Waals surface area contributed by atoms with Crippen LogP contribution in [0.15, 0.2) is 54.6 Å². The molecular weight excluding hydrogens is 388 g/mol. The van der Waals surface area contributed by atoms with E-state index in [1.54, 1.807) is 0 Å². The van der Waals surface area contributed by atoms with Crippen molar-refractivity contribution >= 4 is 35.1 Å². The van der Waals surface area contributed by atoms with Crippen molar-refractivity contribution in [3.8, 4) is 5.69 Å². The Hall–Kier alpha value is -2.25. The Morgan fingerprint density at radius 2 is 1.82 bits per heavy atom. The molecule has 1 N–H and O–H groups in total. The van der Waals surface area contributed by atoms with Crippen molar-refractivity contribution in [2.24, 2.45) is 0 Å². The molecule has 0 bridgehead atoms. The number of nitrogens with zero attached hydrogens (tertiary/aromatic N) is 3. The molecular formula is C21H20N4OS2. The Labute approximate surface area is 172 Å². The van der Waals surface area contributed by atoms with Gasteiger partial charge in [0.1, 0.15) is 0 Å². The molecule has 5 nitrogen and oxygen atoms in total. The van der Waals surface area contributed by atoms with E-state index in [4.69, 9.17) is 0 Å². The van der Waals surface area contributed by atoms with Crippen LogP contribution in [-0.2, 0) is 0 Å². The molecule has 0 atom stereocenters. The summed E-state index contributed by atoms with van der Waals surface area (Å²) in [5.74, 6) is 2.53. The first-order valence-corrected chi connectivity index (χ1v) is 11.5. The van der Waals surface area contributed by atoms with E-state index in [0.717, 1.165) is 29.9 Å². The van der Waals surface area contributed by atoms with Gasteiger partial charge in [-0.2, -0.15) is 0 Å². The van der Waals surface area contributed by atoms with Crippen molar-refractivity contribution in [2.75, 3.05) is 16.8 Å². The molecule has 1 saturated carbocycles. The monoisotopic (exact) mass is 408 g/mol. The number of benzene rings is 2. The predicted octanol–water partition coefficient (Wildman–Crippen LogP) is 4.88. The Bertz CT molecular complexity index is 995. The van der Waals surface area contributed by atoms with Crippen LogP contribution in [0.25, 0.3) is 5.69 Å². The van der Waals surface area contributed by atoms with Crippen molar-refractivity contribution in [3.63, 3.8) is 0 Å². The van der Waals surface area contributed by atoms with Gasteiger partial charge in [0.25, 0.3) is 5.91 Å². The van der Waals surface area contributed by atoms with Gasteiger partial charge in [0.15, 0.2) is 5.69 Å². The van der Waals surface area contributed by atoms with Gasteiger partial charge in [-0.05, 0) is 42.7 Å². The molecule has 2 aliphatic rings. The quantitative estimate of drug-likeness (QED) is 0.652. The highest BCUT2D eigenvalue weighted by molar-refractivity contribution is 8.19. The van der Waals surface area contributed by atoms with E-state index in [2.05, 4.69) is 27.8 Å². The molecule has 2 aromatic carbocycles. The summed E-state index contributed by atoms with van der Waals surface area (Å²) in [6, 6.07) is 18.0. The lowest BCUT2D eigenvalue weighted by Gasteiger charge is -2.11. The number of amides is 1. The smallest absolute Gasteiger partial charge is 0.278 e. The van der Waals surface area contributed by atoms with Gasteiger partial charge in [-0.25, -0.2) is 4.68 Å². The molecule has 7 heteroatoms. The van der Waals surface area contributed by atoms with E-state index in [-0.39, 0.29) is 5.91 Å². The topological polar surface area (TPSA) is 59.8 Å². The average Bonchev–Trinajstić information content (AvgIpc) is 3.24. The summed E-state index contributed by atoms with van der Waals surface area (Å²) < 4.78 is 2.27. The third-order valence-corrected chi connectivity index (χ3v) is 8.03. The number of nitrogens with one attached hydrogen (secondary N) is 1. The van der Waals surface area contributed by atoms with E-state index in [9.17, 15) is 4.79 Å². The molecule has 5 rings (SSSR count). The second-order valence-electron chi connectivity index (χ2n) is 7.00. The number of carbonyl (C=O) groups is 1. The summed E-state index contributed by atoms with van der Waals surface area (Å²) in [5, 5.41) is 11.6. The van der Waals surface area contributed by atoms with Crippen LogP contribution in [0.1, 0.15) is 45.1 Å². The summed E-state index contributed by atoms with van der Waals surface area (Å²) in [6.07, 6.45) is 2.15. The maximum absolute atomic E-state index is 13.0. The lowest BCUT2D eigenvalue weighted by atomic mass is 10.2. The molecule has 142 valence electrons. The van der Waals surface area contributed by atoms with Crippen LogP contribution >= 0.6 is 23.5 Å². The fraction of sp³-hybridized carbons (Fsp3) is 0.286. The van der Waals surface area contributed by atoms with E-state index < -0.39 is 0 Å². The molecule has 2 heterocycles. The Balaban J connectivity index is 1.42. The van der Waals surface area contributed by atoms with Gasteiger partial charge >= 0.3 is 0 Å². The van der Waals surface area contributed by atoms with Gasteiger partial charge in [0, 0.05) is 23.1 Å². The number of hydrogen-bond acceptors (Lipinski definition) is 5. The molecule has 1 aromatic heterocycles. The van der Waals surface area contributed by atoms with Gasteiger partial charge in [-0.3, -0.25) is 4.79 Å². The fourth-order valence-corrected chi connectivity index (χ4v) is 6.28. The van der Waals surface area contributed by atoms with Crippen molar-refractivity contribution in [1.29, 1.82) is 0 Å². The highest BCUT2D eigenvalue weighted by atomic mass is 32.2. The van der Waals surface area contributed by atoms with E-state index in [1.165, 1.54) is 17.1 Å². The number of aromatic nitrogens is 3. The number of thioether (sulfide) groups is 2. The SMILES string of the molecule is O=C(Nc1cccc(C2SCCS2)c1)c1nnn(-c2ccccc2)c1C1CC1. The third-order valence-electron chi connectivity index (χ3n) is 4.92. The molecule has 0 unspecified atom stereocenters. The Morgan fingerprint density at radius 3 is 2.57 bits per heavy atom. The van der Waals surface area contributed by atoms with E-state index >= 15 is 0 Å². The maximum Gasteiger partial charge on any atom is 0.278 e. The van der Waals surface area contributed by atoms with Gasteiger partial charge in [0.05, 0.1) is 16.0 Å². The van der Waals surface area contributed by atoms with Gasteiger partial charge < -0.3 is 5.32 Å². The lowest BCUT2D eigenvalue weighted by Crippen LogP contribution is -2.15. The van der Waals surface area contributed by atoms with Crippen LogP contribution in [0.5, 0.6) is 0 Å². The minimum Gasteiger partial charge on any atom is -0.321 e. The summed E-state index contributed by atoms with van der Waals surface area (Å²) in [7, 11) is 0. The van der Waals surface area contributed by atoms with Crippen LogP contribution < -0.4 is 5.32 Å². The standard InChI is InChI=1S/C21H20N4OS2/c26-20(22-16-6-4-5-15(13-16)21-27-11-12-28-21)18-19(14-9-10-14)25(24-23-18)17-7-2-1-3-8-17/h1-8,13-14,21H,9-12H2,(H,22,26). The van der Waals surface area contributed by atoms with Gasteiger partial charge in [0.2, 0.25) is 0 Å². The average molecular weight is 409 g/mol. The molecule has 28 heavy (non-hydrogen) atoms. The summed E-state index contributed by atoms with van der Waals surface area (Å²) in [4.78, 5) is 13.0. The van der Waals surface area contributed by atoms with Gasteiger partial charge in [-0.15, -0.1) is 28.6 Å². The number of para-hydroxylation sites is 1. The highest BCUT2D eigenvalue weighted by Crippen LogP contribution is 2.45. The zero-order chi connectivity index (χ0) is 18.9. The molecule has 1 aliphatic heterocycles. The minimum absolute atomic E-state index is 0.187.